The van der Waals surface area contributed by atoms with E-state index in [-0.39, 0.29) is 6.54 Å². The van der Waals surface area contributed by atoms with Gasteiger partial charge in [0.25, 0.3) is 0 Å². The molecule has 0 unspecified atom stereocenters. The number of likely N-dealkylation sites (N-methyl/N-ethyl adjacent to an activating group) is 1. The Bertz CT molecular complexity index is 155. The fraction of sp³-hybridized carbons (Fsp3) is 0.857. The van der Waals surface area contributed by atoms with Gasteiger partial charge < -0.3 is 10.0 Å². The first-order valence-electron chi connectivity index (χ1n) is 4.07. The summed E-state index contributed by atoms with van der Waals surface area (Å²) in [5.74, 6) is -0.811. The molecule has 5 heteroatoms. The Hall–Kier alpha value is -0.650. The monoisotopic (exact) mass is 173 g/mol. The van der Waals surface area contributed by atoms with E-state index >= 15 is 0 Å². The van der Waals surface area contributed by atoms with Crippen molar-refractivity contribution in [2.75, 3.05) is 39.8 Å². The molecular weight excluding hydrogens is 158 g/mol. The fourth-order valence-electron chi connectivity index (χ4n) is 1.14. The molecule has 0 aliphatic carbocycles. The van der Waals surface area contributed by atoms with E-state index in [1.165, 1.54) is 0 Å². The Morgan fingerprint density at radius 1 is 1.42 bits per heavy atom. The topological polar surface area (TPSA) is 55.8 Å². The molecule has 1 aliphatic rings. The van der Waals surface area contributed by atoms with Crippen molar-refractivity contribution in [1.29, 1.82) is 0 Å². The number of rotatable bonds is 3. The van der Waals surface area contributed by atoms with Gasteiger partial charge in [0.15, 0.2) is 0 Å². The third-order valence-electron chi connectivity index (χ3n) is 1.96. The lowest BCUT2D eigenvalue weighted by molar-refractivity contribution is -0.137. The maximum absolute atomic E-state index is 10.2. The summed E-state index contributed by atoms with van der Waals surface area (Å²) < 4.78 is 0. The van der Waals surface area contributed by atoms with Gasteiger partial charge in [0.2, 0.25) is 0 Å². The molecule has 0 atom stereocenters. The van der Waals surface area contributed by atoms with Gasteiger partial charge in [-0.15, -0.1) is 0 Å². The SMILES string of the molecule is CN1CCN(NCC(=O)O)CC1. The number of aliphatic carboxylic acids is 1. The predicted molar refractivity (Wildman–Crippen MR) is 44.7 cm³/mol. The van der Waals surface area contributed by atoms with Crippen LogP contribution in [0, 0.1) is 0 Å². The summed E-state index contributed by atoms with van der Waals surface area (Å²) >= 11 is 0. The van der Waals surface area contributed by atoms with Crippen LogP contribution in [-0.4, -0.2) is 60.8 Å². The molecule has 1 heterocycles. The largest absolute Gasteiger partial charge is 0.480 e. The number of carboxylic acid groups (broad SMARTS) is 1. The Kier molecular flexibility index (Phi) is 3.46. The zero-order valence-electron chi connectivity index (χ0n) is 7.29. The number of carboxylic acids is 1. The average molecular weight is 173 g/mol. The van der Waals surface area contributed by atoms with E-state index < -0.39 is 5.97 Å². The molecule has 0 spiro atoms. The number of nitrogens with zero attached hydrogens (tertiary/aromatic N) is 2. The Morgan fingerprint density at radius 3 is 2.50 bits per heavy atom. The first-order valence-corrected chi connectivity index (χ1v) is 4.07. The van der Waals surface area contributed by atoms with Crippen LogP contribution in [0.25, 0.3) is 0 Å². The van der Waals surface area contributed by atoms with Gasteiger partial charge in [0.05, 0.1) is 0 Å². The number of hydrogen-bond donors (Lipinski definition) is 2. The van der Waals surface area contributed by atoms with Gasteiger partial charge in [-0.05, 0) is 7.05 Å². The Morgan fingerprint density at radius 2 is 2.00 bits per heavy atom. The van der Waals surface area contributed by atoms with Crippen molar-refractivity contribution in [2.45, 2.75) is 0 Å². The second-order valence-electron chi connectivity index (χ2n) is 3.02. The minimum atomic E-state index is -0.811. The second kappa shape index (κ2) is 4.39. The highest BCUT2D eigenvalue weighted by atomic mass is 16.4. The molecule has 0 bridgehead atoms. The van der Waals surface area contributed by atoms with E-state index in [9.17, 15) is 4.79 Å². The fourth-order valence-corrected chi connectivity index (χ4v) is 1.14. The van der Waals surface area contributed by atoms with Crippen LogP contribution in [0.1, 0.15) is 0 Å². The van der Waals surface area contributed by atoms with Crippen LogP contribution < -0.4 is 5.43 Å². The molecule has 1 aliphatic heterocycles. The van der Waals surface area contributed by atoms with Crippen LogP contribution in [-0.2, 0) is 4.79 Å². The first-order chi connectivity index (χ1) is 5.68. The van der Waals surface area contributed by atoms with Crippen LogP contribution in [0.2, 0.25) is 0 Å². The number of hydrazine groups is 1. The number of carbonyl (C=O) groups is 1. The summed E-state index contributed by atoms with van der Waals surface area (Å²) in [6, 6.07) is 0. The second-order valence-corrected chi connectivity index (χ2v) is 3.02. The Balaban J connectivity index is 2.13. The Labute approximate surface area is 71.9 Å². The van der Waals surface area contributed by atoms with E-state index in [1.54, 1.807) is 0 Å². The van der Waals surface area contributed by atoms with Crippen molar-refractivity contribution in [3.63, 3.8) is 0 Å². The van der Waals surface area contributed by atoms with Crippen molar-refractivity contribution in [3.05, 3.63) is 0 Å². The van der Waals surface area contributed by atoms with E-state index in [1.807, 2.05) is 5.01 Å². The molecule has 0 aromatic heterocycles. The molecule has 0 saturated carbocycles. The van der Waals surface area contributed by atoms with Gasteiger partial charge in [-0.25, -0.2) is 10.4 Å². The maximum Gasteiger partial charge on any atom is 0.318 e. The van der Waals surface area contributed by atoms with Gasteiger partial charge in [-0.3, -0.25) is 4.79 Å². The molecule has 1 fully saturated rings. The molecular formula is C7H15N3O2. The van der Waals surface area contributed by atoms with E-state index in [0.717, 1.165) is 26.2 Å². The van der Waals surface area contributed by atoms with Gasteiger partial charge in [0, 0.05) is 26.2 Å². The van der Waals surface area contributed by atoms with Crippen molar-refractivity contribution >= 4 is 5.97 Å². The van der Waals surface area contributed by atoms with Crippen molar-refractivity contribution in [3.8, 4) is 0 Å². The molecule has 5 nitrogen and oxygen atoms in total. The third-order valence-corrected chi connectivity index (χ3v) is 1.96. The zero-order chi connectivity index (χ0) is 8.97. The number of nitrogens with one attached hydrogen (secondary N) is 1. The minimum Gasteiger partial charge on any atom is -0.480 e. The lowest BCUT2D eigenvalue weighted by Crippen LogP contribution is -2.51. The lowest BCUT2D eigenvalue weighted by atomic mass is 10.4. The van der Waals surface area contributed by atoms with E-state index in [0.29, 0.717) is 0 Å². The van der Waals surface area contributed by atoms with Crippen LogP contribution >= 0.6 is 0 Å². The van der Waals surface area contributed by atoms with Crippen molar-refractivity contribution in [2.24, 2.45) is 0 Å². The standard InChI is InChI=1S/C7H15N3O2/c1-9-2-4-10(5-3-9)8-6-7(11)12/h8H,2-6H2,1H3,(H,11,12). The smallest absolute Gasteiger partial charge is 0.318 e. The van der Waals surface area contributed by atoms with Gasteiger partial charge in [-0.1, -0.05) is 0 Å². The summed E-state index contributed by atoms with van der Waals surface area (Å²) in [5, 5.41) is 10.3. The van der Waals surface area contributed by atoms with Crippen LogP contribution in [0.5, 0.6) is 0 Å². The summed E-state index contributed by atoms with van der Waals surface area (Å²) in [6.07, 6.45) is 0. The van der Waals surface area contributed by atoms with Gasteiger partial charge >= 0.3 is 5.97 Å². The predicted octanol–water partition coefficient (Wildman–Crippen LogP) is -1.18. The minimum absolute atomic E-state index is 0.0176. The highest BCUT2D eigenvalue weighted by Gasteiger charge is 2.13. The molecule has 1 rings (SSSR count). The third kappa shape index (κ3) is 3.17. The van der Waals surface area contributed by atoms with Crippen molar-refractivity contribution in [1.82, 2.24) is 15.3 Å². The summed E-state index contributed by atoms with van der Waals surface area (Å²) in [4.78, 5) is 12.4. The summed E-state index contributed by atoms with van der Waals surface area (Å²) in [6.45, 7) is 3.79. The molecule has 0 radical (unpaired) electrons. The maximum atomic E-state index is 10.2. The first kappa shape index (κ1) is 9.44. The van der Waals surface area contributed by atoms with Gasteiger partial charge in [-0.2, -0.15) is 0 Å². The molecule has 12 heavy (non-hydrogen) atoms. The van der Waals surface area contributed by atoms with E-state index in [2.05, 4.69) is 17.4 Å². The normalized spacial score (nSPS) is 21.1. The van der Waals surface area contributed by atoms with Crippen LogP contribution in [0.15, 0.2) is 0 Å². The highest BCUT2D eigenvalue weighted by molar-refractivity contribution is 5.68. The van der Waals surface area contributed by atoms with E-state index in [4.69, 9.17) is 5.11 Å². The molecule has 2 N–H and O–H groups in total. The number of piperazine rings is 1. The molecule has 0 aromatic carbocycles. The summed E-state index contributed by atoms with van der Waals surface area (Å²) in [5.41, 5.74) is 2.85. The molecule has 0 aromatic rings. The average Bonchev–Trinajstić information content (AvgIpc) is 2.03. The molecule has 70 valence electrons. The highest BCUT2D eigenvalue weighted by Crippen LogP contribution is 1.94. The van der Waals surface area contributed by atoms with Crippen molar-refractivity contribution < 1.29 is 9.90 Å². The van der Waals surface area contributed by atoms with Crippen LogP contribution in [0.3, 0.4) is 0 Å². The number of hydrogen-bond acceptors (Lipinski definition) is 4. The molecule has 1 saturated heterocycles. The summed E-state index contributed by atoms with van der Waals surface area (Å²) in [7, 11) is 2.06. The molecule has 0 amide bonds. The van der Waals surface area contributed by atoms with Crippen LogP contribution in [0.4, 0.5) is 0 Å². The van der Waals surface area contributed by atoms with Gasteiger partial charge in [0.1, 0.15) is 6.54 Å². The lowest BCUT2D eigenvalue weighted by Gasteiger charge is -2.32. The quantitative estimate of drug-likeness (QED) is 0.563. The zero-order valence-corrected chi connectivity index (χ0v) is 7.29.